The van der Waals surface area contributed by atoms with Crippen molar-refractivity contribution in [3.63, 3.8) is 0 Å². The topological polar surface area (TPSA) is 66.8 Å². The SMILES string of the molecule is COc1ccc(O)cc1C(CC(=O)O)C1CC1. The smallest absolute Gasteiger partial charge is 0.303 e. The van der Waals surface area contributed by atoms with Crippen molar-refractivity contribution in [3.8, 4) is 11.5 Å². The number of aromatic hydroxyl groups is 1. The zero-order valence-corrected chi connectivity index (χ0v) is 9.72. The predicted octanol–water partition coefficient (Wildman–Crippen LogP) is 2.37. The van der Waals surface area contributed by atoms with Gasteiger partial charge in [0.2, 0.25) is 0 Å². The Balaban J connectivity index is 2.33. The molecule has 0 aliphatic heterocycles. The summed E-state index contributed by atoms with van der Waals surface area (Å²) in [4.78, 5) is 10.9. The van der Waals surface area contributed by atoms with Crippen LogP contribution >= 0.6 is 0 Å². The molecule has 0 saturated heterocycles. The highest BCUT2D eigenvalue weighted by atomic mass is 16.5. The first kappa shape index (κ1) is 11.8. The number of aliphatic carboxylic acids is 1. The molecule has 4 heteroatoms. The number of rotatable bonds is 5. The Labute approximate surface area is 99.8 Å². The van der Waals surface area contributed by atoms with E-state index in [1.165, 1.54) is 0 Å². The molecule has 0 spiro atoms. The molecule has 17 heavy (non-hydrogen) atoms. The van der Waals surface area contributed by atoms with Gasteiger partial charge in [-0.15, -0.1) is 0 Å². The Morgan fingerprint density at radius 2 is 2.24 bits per heavy atom. The van der Waals surface area contributed by atoms with Crippen molar-refractivity contribution >= 4 is 5.97 Å². The third kappa shape index (κ3) is 2.70. The fraction of sp³-hybridized carbons (Fsp3) is 0.462. The van der Waals surface area contributed by atoms with Gasteiger partial charge in [0.25, 0.3) is 0 Å². The van der Waals surface area contributed by atoms with Crippen LogP contribution < -0.4 is 4.74 Å². The predicted molar refractivity (Wildman–Crippen MR) is 62.4 cm³/mol. The third-order valence-electron chi connectivity index (χ3n) is 3.20. The second-order valence-corrected chi connectivity index (χ2v) is 4.47. The Kier molecular flexibility index (Phi) is 3.22. The largest absolute Gasteiger partial charge is 0.508 e. The number of hydrogen-bond donors (Lipinski definition) is 2. The van der Waals surface area contributed by atoms with Gasteiger partial charge in [-0.05, 0) is 37.0 Å². The van der Waals surface area contributed by atoms with Gasteiger partial charge in [0.1, 0.15) is 11.5 Å². The van der Waals surface area contributed by atoms with E-state index in [9.17, 15) is 9.90 Å². The van der Waals surface area contributed by atoms with E-state index in [2.05, 4.69) is 0 Å². The van der Waals surface area contributed by atoms with Crippen LogP contribution in [-0.4, -0.2) is 23.3 Å². The number of carbonyl (C=O) groups is 1. The molecule has 1 saturated carbocycles. The van der Waals surface area contributed by atoms with Gasteiger partial charge in [0.05, 0.1) is 13.5 Å². The maximum absolute atomic E-state index is 10.9. The first-order valence-electron chi connectivity index (χ1n) is 5.70. The number of benzene rings is 1. The molecule has 0 radical (unpaired) electrons. The van der Waals surface area contributed by atoms with Crippen LogP contribution in [0.25, 0.3) is 0 Å². The normalized spacial score (nSPS) is 16.5. The van der Waals surface area contributed by atoms with E-state index in [0.717, 1.165) is 18.4 Å². The summed E-state index contributed by atoms with van der Waals surface area (Å²) in [5.41, 5.74) is 0.803. The first-order valence-corrected chi connectivity index (χ1v) is 5.70. The molecular formula is C13H16O4. The minimum Gasteiger partial charge on any atom is -0.508 e. The van der Waals surface area contributed by atoms with Gasteiger partial charge in [0, 0.05) is 11.5 Å². The maximum Gasteiger partial charge on any atom is 0.303 e. The monoisotopic (exact) mass is 236 g/mol. The molecule has 1 unspecified atom stereocenters. The van der Waals surface area contributed by atoms with Gasteiger partial charge in [-0.2, -0.15) is 0 Å². The van der Waals surface area contributed by atoms with Crippen LogP contribution in [0.1, 0.15) is 30.7 Å². The van der Waals surface area contributed by atoms with Crippen LogP contribution in [0.4, 0.5) is 0 Å². The summed E-state index contributed by atoms with van der Waals surface area (Å²) in [6.07, 6.45) is 2.19. The number of carboxylic acid groups (broad SMARTS) is 1. The van der Waals surface area contributed by atoms with Crippen molar-refractivity contribution in [1.82, 2.24) is 0 Å². The number of phenolic OH excluding ortho intramolecular Hbond substituents is 1. The van der Waals surface area contributed by atoms with E-state index < -0.39 is 5.97 Å². The van der Waals surface area contributed by atoms with Crippen molar-refractivity contribution in [3.05, 3.63) is 23.8 Å². The zero-order valence-electron chi connectivity index (χ0n) is 9.72. The Morgan fingerprint density at radius 3 is 2.76 bits per heavy atom. The number of methoxy groups -OCH3 is 1. The van der Waals surface area contributed by atoms with Crippen molar-refractivity contribution < 1.29 is 19.7 Å². The Hall–Kier alpha value is -1.71. The number of ether oxygens (including phenoxy) is 1. The van der Waals surface area contributed by atoms with Gasteiger partial charge >= 0.3 is 5.97 Å². The fourth-order valence-corrected chi connectivity index (χ4v) is 2.23. The van der Waals surface area contributed by atoms with E-state index in [1.54, 1.807) is 25.3 Å². The van der Waals surface area contributed by atoms with E-state index in [0.29, 0.717) is 11.7 Å². The summed E-state index contributed by atoms with van der Waals surface area (Å²) >= 11 is 0. The molecule has 0 bridgehead atoms. The lowest BCUT2D eigenvalue weighted by Gasteiger charge is -2.18. The summed E-state index contributed by atoms with van der Waals surface area (Å²) in [7, 11) is 1.56. The molecule has 4 nitrogen and oxygen atoms in total. The molecule has 2 rings (SSSR count). The summed E-state index contributed by atoms with van der Waals surface area (Å²) in [5, 5.41) is 18.5. The summed E-state index contributed by atoms with van der Waals surface area (Å²) in [5.74, 6) is 0.335. The zero-order chi connectivity index (χ0) is 12.4. The Morgan fingerprint density at radius 1 is 1.53 bits per heavy atom. The van der Waals surface area contributed by atoms with Crippen molar-refractivity contribution in [2.24, 2.45) is 5.92 Å². The average molecular weight is 236 g/mol. The molecule has 2 N–H and O–H groups in total. The first-order chi connectivity index (χ1) is 8.11. The average Bonchev–Trinajstić information content (AvgIpc) is 3.09. The lowest BCUT2D eigenvalue weighted by atomic mass is 9.90. The number of hydrogen-bond acceptors (Lipinski definition) is 3. The minimum absolute atomic E-state index is 0.0606. The van der Waals surface area contributed by atoms with Gasteiger partial charge in [-0.3, -0.25) is 4.79 Å². The van der Waals surface area contributed by atoms with E-state index in [4.69, 9.17) is 9.84 Å². The minimum atomic E-state index is -0.813. The van der Waals surface area contributed by atoms with Crippen LogP contribution in [0.15, 0.2) is 18.2 Å². The molecule has 0 amide bonds. The lowest BCUT2D eigenvalue weighted by molar-refractivity contribution is -0.137. The molecule has 0 heterocycles. The Bertz CT molecular complexity index is 423. The van der Waals surface area contributed by atoms with Crippen molar-refractivity contribution in [1.29, 1.82) is 0 Å². The quantitative estimate of drug-likeness (QED) is 0.823. The maximum atomic E-state index is 10.9. The van der Waals surface area contributed by atoms with Crippen LogP contribution in [0, 0.1) is 5.92 Å². The molecule has 1 aromatic carbocycles. The number of carboxylic acids is 1. The van der Waals surface area contributed by atoms with Crippen molar-refractivity contribution in [2.75, 3.05) is 7.11 Å². The third-order valence-corrected chi connectivity index (χ3v) is 3.20. The number of phenols is 1. The van der Waals surface area contributed by atoms with Crippen LogP contribution in [0.5, 0.6) is 11.5 Å². The second kappa shape index (κ2) is 4.65. The standard InChI is InChI=1S/C13H16O4/c1-17-12-5-4-9(14)6-11(12)10(7-13(15)16)8-2-3-8/h4-6,8,10,14H,2-3,7H2,1H3,(H,15,16). The molecule has 92 valence electrons. The summed E-state index contributed by atoms with van der Waals surface area (Å²) in [6.45, 7) is 0. The van der Waals surface area contributed by atoms with E-state index in [-0.39, 0.29) is 18.1 Å². The lowest BCUT2D eigenvalue weighted by Crippen LogP contribution is -2.09. The van der Waals surface area contributed by atoms with E-state index in [1.807, 2.05) is 0 Å². The van der Waals surface area contributed by atoms with Gasteiger partial charge < -0.3 is 14.9 Å². The molecule has 1 aliphatic carbocycles. The highest BCUT2D eigenvalue weighted by Crippen LogP contribution is 2.47. The fourth-order valence-electron chi connectivity index (χ4n) is 2.23. The second-order valence-electron chi connectivity index (χ2n) is 4.47. The summed E-state index contributed by atoms with van der Waals surface area (Å²) < 4.78 is 5.24. The molecule has 1 aromatic rings. The van der Waals surface area contributed by atoms with Crippen molar-refractivity contribution in [2.45, 2.75) is 25.2 Å². The molecule has 1 fully saturated rings. The molecule has 0 aromatic heterocycles. The van der Waals surface area contributed by atoms with Crippen LogP contribution in [0.2, 0.25) is 0 Å². The van der Waals surface area contributed by atoms with Gasteiger partial charge in [-0.1, -0.05) is 0 Å². The van der Waals surface area contributed by atoms with Gasteiger partial charge in [0.15, 0.2) is 0 Å². The highest BCUT2D eigenvalue weighted by molar-refractivity contribution is 5.68. The van der Waals surface area contributed by atoms with Crippen LogP contribution in [0.3, 0.4) is 0 Å². The molecule has 1 aliphatic rings. The van der Waals surface area contributed by atoms with Crippen LogP contribution in [-0.2, 0) is 4.79 Å². The van der Waals surface area contributed by atoms with Gasteiger partial charge in [-0.25, -0.2) is 0 Å². The molecule has 1 atom stereocenters. The molecular weight excluding hydrogens is 220 g/mol. The summed E-state index contributed by atoms with van der Waals surface area (Å²) in [6, 6.07) is 4.85. The van der Waals surface area contributed by atoms with E-state index >= 15 is 0 Å². The highest BCUT2D eigenvalue weighted by Gasteiger charge is 2.35.